The molecule has 142 valence electrons. The number of nitrogens with zero attached hydrogens (tertiary/aromatic N) is 2. The molecule has 0 aliphatic heterocycles. The summed E-state index contributed by atoms with van der Waals surface area (Å²) in [7, 11) is 0. The van der Waals surface area contributed by atoms with Gasteiger partial charge in [-0.15, -0.1) is 0 Å². The highest BCUT2D eigenvalue weighted by atomic mass is 16.2. The lowest BCUT2D eigenvalue weighted by molar-refractivity contribution is 0.102. The van der Waals surface area contributed by atoms with Crippen molar-refractivity contribution in [2.75, 3.05) is 5.32 Å². The molecule has 0 saturated carbocycles. The summed E-state index contributed by atoms with van der Waals surface area (Å²) < 4.78 is 0. The summed E-state index contributed by atoms with van der Waals surface area (Å²) in [5.74, 6) is -0.141. The quantitative estimate of drug-likeness (QED) is 0.501. The number of amides is 1. The van der Waals surface area contributed by atoms with Crippen molar-refractivity contribution in [1.82, 2.24) is 15.0 Å². The second kappa shape index (κ2) is 7.77. The minimum Gasteiger partial charge on any atom is -0.404 e. The van der Waals surface area contributed by atoms with Crippen LogP contribution in [0.2, 0.25) is 0 Å². The van der Waals surface area contributed by atoms with Gasteiger partial charge in [-0.3, -0.25) is 9.59 Å². The zero-order chi connectivity index (χ0) is 20.2. The second-order valence-corrected chi connectivity index (χ2v) is 6.28. The van der Waals surface area contributed by atoms with E-state index in [1.54, 1.807) is 12.1 Å². The number of anilines is 1. The SMILES string of the molecule is N/C=C\c1ncc2c(=O)c(C(=O)Nc3ccc(-c4ccccc4)cc3)c[nH]c2n1. The Morgan fingerprint density at radius 1 is 1.03 bits per heavy atom. The minimum atomic E-state index is -0.508. The lowest BCUT2D eigenvalue weighted by atomic mass is 10.1. The fourth-order valence-electron chi connectivity index (χ4n) is 2.93. The van der Waals surface area contributed by atoms with E-state index in [4.69, 9.17) is 5.73 Å². The number of pyridine rings is 1. The van der Waals surface area contributed by atoms with Gasteiger partial charge in [0.25, 0.3) is 5.91 Å². The lowest BCUT2D eigenvalue weighted by Gasteiger charge is -2.07. The van der Waals surface area contributed by atoms with Crippen molar-refractivity contribution in [2.24, 2.45) is 5.73 Å². The molecule has 0 aliphatic rings. The Morgan fingerprint density at radius 3 is 2.48 bits per heavy atom. The Hall–Kier alpha value is -4.26. The number of rotatable bonds is 4. The van der Waals surface area contributed by atoms with Crippen LogP contribution in [0.1, 0.15) is 16.2 Å². The molecule has 2 aromatic heterocycles. The average Bonchev–Trinajstić information content (AvgIpc) is 2.75. The van der Waals surface area contributed by atoms with Crippen LogP contribution in [-0.2, 0) is 0 Å². The highest BCUT2D eigenvalue weighted by Gasteiger charge is 2.14. The molecule has 0 spiro atoms. The third kappa shape index (κ3) is 3.74. The van der Waals surface area contributed by atoms with E-state index in [0.29, 0.717) is 17.2 Å². The normalized spacial score (nSPS) is 11.0. The van der Waals surface area contributed by atoms with Crippen LogP contribution in [0.3, 0.4) is 0 Å². The predicted octanol–water partition coefficient (Wildman–Crippen LogP) is 3.17. The summed E-state index contributed by atoms with van der Waals surface area (Å²) in [5.41, 5.74) is 7.91. The Balaban J connectivity index is 1.58. The van der Waals surface area contributed by atoms with Gasteiger partial charge >= 0.3 is 0 Å². The van der Waals surface area contributed by atoms with Crippen LogP contribution in [0.5, 0.6) is 0 Å². The molecule has 0 radical (unpaired) electrons. The minimum absolute atomic E-state index is 0.0182. The molecule has 2 aromatic carbocycles. The van der Waals surface area contributed by atoms with Crippen LogP contribution < -0.4 is 16.5 Å². The first kappa shape index (κ1) is 18.1. The number of nitrogens with two attached hydrogens (primary N) is 1. The van der Waals surface area contributed by atoms with Crippen molar-refractivity contribution in [2.45, 2.75) is 0 Å². The molecule has 0 aliphatic carbocycles. The number of nitrogens with one attached hydrogen (secondary N) is 2. The molecule has 0 atom stereocenters. The fraction of sp³-hybridized carbons (Fsp3) is 0. The Kier molecular flexibility index (Phi) is 4.86. The number of carbonyl (C=O) groups excluding carboxylic acids is 1. The van der Waals surface area contributed by atoms with Crippen molar-refractivity contribution in [3.05, 3.63) is 94.8 Å². The van der Waals surface area contributed by atoms with E-state index in [-0.39, 0.29) is 10.9 Å². The topological polar surface area (TPSA) is 114 Å². The molecule has 7 nitrogen and oxygen atoms in total. The molecule has 0 saturated heterocycles. The summed E-state index contributed by atoms with van der Waals surface area (Å²) in [6, 6.07) is 17.3. The monoisotopic (exact) mass is 383 g/mol. The predicted molar refractivity (Wildman–Crippen MR) is 113 cm³/mol. The number of H-pyrrole nitrogens is 1. The highest BCUT2D eigenvalue weighted by molar-refractivity contribution is 6.05. The number of fused-ring (bicyclic) bond motifs is 1. The molecule has 0 bridgehead atoms. The van der Waals surface area contributed by atoms with E-state index in [1.807, 2.05) is 42.5 Å². The zero-order valence-corrected chi connectivity index (χ0v) is 15.3. The van der Waals surface area contributed by atoms with Crippen LogP contribution in [0.4, 0.5) is 5.69 Å². The summed E-state index contributed by atoms with van der Waals surface area (Å²) in [6.07, 6.45) is 5.55. The Morgan fingerprint density at radius 2 is 1.76 bits per heavy atom. The molecule has 4 aromatic rings. The van der Waals surface area contributed by atoms with E-state index < -0.39 is 11.3 Å². The standard InChI is InChI=1S/C22H17N5O2/c23-11-10-19-24-12-17-20(28)18(13-25-21(17)27-19)22(29)26-16-8-6-15(7-9-16)14-4-2-1-3-5-14/h1-13H,23H2,(H,26,29)(H,24,25,27,28)/b11-10-. The second-order valence-electron chi connectivity index (χ2n) is 6.28. The maximum absolute atomic E-state index is 12.7. The van der Waals surface area contributed by atoms with Gasteiger partial charge in [0.1, 0.15) is 11.2 Å². The van der Waals surface area contributed by atoms with Gasteiger partial charge in [0.05, 0.1) is 5.39 Å². The lowest BCUT2D eigenvalue weighted by Crippen LogP contribution is -2.22. The summed E-state index contributed by atoms with van der Waals surface area (Å²) in [4.78, 5) is 36.4. The van der Waals surface area contributed by atoms with Crippen LogP contribution in [-0.4, -0.2) is 20.9 Å². The molecule has 7 heteroatoms. The molecular weight excluding hydrogens is 366 g/mol. The van der Waals surface area contributed by atoms with Gasteiger partial charge in [0.2, 0.25) is 5.43 Å². The average molecular weight is 383 g/mol. The van der Waals surface area contributed by atoms with Gasteiger partial charge in [-0.25, -0.2) is 9.97 Å². The van der Waals surface area contributed by atoms with Crippen LogP contribution in [0, 0.1) is 0 Å². The molecule has 2 heterocycles. The maximum Gasteiger partial charge on any atom is 0.261 e. The first-order valence-electron chi connectivity index (χ1n) is 8.89. The molecule has 1 amide bonds. The van der Waals surface area contributed by atoms with Crippen molar-refractivity contribution >= 4 is 28.7 Å². The molecule has 29 heavy (non-hydrogen) atoms. The number of aromatic amines is 1. The molecular formula is C22H17N5O2. The largest absolute Gasteiger partial charge is 0.404 e. The number of hydrogen-bond acceptors (Lipinski definition) is 5. The first-order valence-corrected chi connectivity index (χ1v) is 8.89. The van der Waals surface area contributed by atoms with Crippen LogP contribution in [0.15, 0.2) is 78.0 Å². The van der Waals surface area contributed by atoms with Gasteiger partial charge in [-0.2, -0.15) is 0 Å². The van der Waals surface area contributed by atoms with Gasteiger partial charge < -0.3 is 16.0 Å². The van der Waals surface area contributed by atoms with Crippen molar-refractivity contribution in [1.29, 1.82) is 0 Å². The maximum atomic E-state index is 12.7. The number of aromatic nitrogens is 3. The Labute approximate surface area is 166 Å². The molecule has 0 unspecified atom stereocenters. The zero-order valence-electron chi connectivity index (χ0n) is 15.3. The molecule has 4 N–H and O–H groups in total. The molecule has 0 fully saturated rings. The Bertz CT molecular complexity index is 1260. The fourth-order valence-corrected chi connectivity index (χ4v) is 2.93. The van der Waals surface area contributed by atoms with Gasteiger partial charge in [0, 0.05) is 18.1 Å². The van der Waals surface area contributed by atoms with E-state index in [2.05, 4.69) is 20.3 Å². The first-order chi connectivity index (χ1) is 14.2. The van der Waals surface area contributed by atoms with E-state index in [1.165, 1.54) is 24.7 Å². The number of carbonyl (C=O) groups is 1. The molecule has 4 rings (SSSR count). The highest BCUT2D eigenvalue weighted by Crippen LogP contribution is 2.21. The van der Waals surface area contributed by atoms with Gasteiger partial charge in [0.15, 0.2) is 5.82 Å². The third-order valence-corrected chi connectivity index (χ3v) is 4.39. The number of benzene rings is 2. The smallest absolute Gasteiger partial charge is 0.261 e. The third-order valence-electron chi connectivity index (χ3n) is 4.39. The van der Waals surface area contributed by atoms with Crippen molar-refractivity contribution in [3.8, 4) is 11.1 Å². The van der Waals surface area contributed by atoms with Crippen LogP contribution in [0.25, 0.3) is 28.2 Å². The number of hydrogen-bond donors (Lipinski definition) is 3. The van der Waals surface area contributed by atoms with E-state index >= 15 is 0 Å². The summed E-state index contributed by atoms with van der Waals surface area (Å²) in [5, 5.41) is 2.97. The van der Waals surface area contributed by atoms with Gasteiger partial charge in [-0.1, -0.05) is 42.5 Å². The van der Waals surface area contributed by atoms with Crippen molar-refractivity contribution in [3.63, 3.8) is 0 Å². The summed E-state index contributed by atoms with van der Waals surface area (Å²) in [6.45, 7) is 0. The van der Waals surface area contributed by atoms with Crippen LogP contribution >= 0.6 is 0 Å². The van der Waals surface area contributed by atoms with Gasteiger partial charge in [-0.05, 0) is 35.5 Å². The van der Waals surface area contributed by atoms with Crippen molar-refractivity contribution < 1.29 is 4.79 Å². The van der Waals surface area contributed by atoms with E-state index in [0.717, 1.165) is 11.1 Å². The van der Waals surface area contributed by atoms with E-state index in [9.17, 15) is 9.59 Å². The summed E-state index contributed by atoms with van der Waals surface area (Å²) >= 11 is 0.